The van der Waals surface area contributed by atoms with Crippen molar-refractivity contribution >= 4 is 44.9 Å². The maximum Gasteiger partial charge on any atom is 0.442 e. The first-order chi connectivity index (χ1) is 20.7. The van der Waals surface area contributed by atoms with Crippen molar-refractivity contribution in [2.45, 2.75) is 31.2 Å². The molecular weight excluding hydrogens is 570 g/mol. The lowest BCUT2D eigenvalue weighted by molar-refractivity contribution is -0.115. The molecule has 2 unspecified atom stereocenters. The van der Waals surface area contributed by atoms with E-state index in [1.807, 2.05) is 25.1 Å². The van der Waals surface area contributed by atoms with Gasteiger partial charge in [0.2, 0.25) is 11.9 Å². The van der Waals surface area contributed by atoms with E-state index in [1.165, 1.54) is 6.26 Å². The Labute approximate surface area is 250 Å². The number of nitrogens with zero attached hydrogens (tertiary/aromatic N) is 4. The number of carbonyl (C=O) groups excluding carboxylic acids is 2. The second kappa shape index (κ2) is 14.3. The van der Waals surface area contributed by atoms with E-state index in [9.17, 15) is 18.9 Å². The van der Waals surface area contributed by atoms with Gasteiger partial charge in [-0.1, -0.05) is 18.2 Å². The van der Waals surface area contributed by atoms with Gasteiger partial charge < -0.3 is 25.8 Å². The second-order valence-corrected chi connectivity index (χ2v) is 11.8. The first kappa shape index (κ1) is 31.1. The summed E-state index contributed by atoms with van der Waals surface area (Å²) in [4.78, 5) is 37.6. The number of aromatic nitrogens is 3. The van der Waals surface area contributed by atoms with Gasteiger partial charge in [0.25, 0.3) is 0 Å². The Kier molecular flexibility index (Phi) is 10.4. The smallest absolute Gasteiger partial charge is 0.442 e. The van der Waals surface area contributed by atoms with Gasteiger partial charge in [-0.2, -0.15) is 4.98 Å². The minimum Gasteiger partial charge on any atom is -0.448 e. The molecule has 13 heteroatoms. The molecule has 0 bridgehead atoms. The summed E-state index contributed by atoms with van der Waals surface area (Å²) in [5.41, 5.74) is 3.58. The van der Waals surface area contributed by atoms with E-state index in [0.29, 0.717) is 27.7 Å². The summed E-state index contributed by atoms with van der Waals surface area (Å²) in [7, 11) is -2.97. The highest BCUT2D eigenvalue weighted by Gasteiger charge is 2.14. The number of benzene rings is 2. The van der Waals surface area contributed by atoms with E-state index >= 15 is 0 Å². The number of anilines is 4. The largest absolute Gasteiger partial charge is 0.448 e. The molecule has 0 aliphatic heterocycles. The van der Waals surface area contributed by atoms with Gasteiger partial charge in [0.15, 0.2) is 0 Å². The summed E-state index contributed by atoms with van der Waals surface area (Å²) in [6.45, 7) is 3.50. The molecule has 0 spiro atoms. The molecule has 0 fully saturated rings. The zero-order valence-corrected chi connectivity index (χ0v) is 24.8. The van der Waals surface area contributed by atoms with E-state index < -0.39 is 15.8 Å². The van der Waals surface area contributed by atoms with E-state index in [4.69, 9.17) is 4.74 Å². The van der Waals surface area contributed by atoms with Crippen LogP contribution in [0.15, 0.2) is 88.5 Å². The number of pyridine rings is 1. The highest BCUT2D eigenvalue weighted by molar-refractivity contribution is 7.93. The topological polar surface area (TPSA) is 168 Å². The van der Waals surface area contributed by atoms with Crippen molar-refractivity contribution < 1.29 is 23.6 Å². The lowest BCUT2D eigenvalue weighted by Crippen LogP contribution is -2.21. The molecule has 2 heterocycles. The summed E-state index contributed by atoms with van der Waals surface area (Å²) in [5, 5.41) is 18.8. The minimum absolute atomic E-state index is 0.108. The number of ether oxygens (including phenoxy) is 1. The maximum absolute atomic E-state index is 12.9. The van der Waals surface area contributed by atoms with Gasteiger partial charge in [-0.3, -0.25) is 9.78 Å². The predicted octanol–water partition coefficient (Wildman–Crippen LogP) is 4.87. The molecule has 0 aliphatic carbocycles. The Morgan fingerprint density at radius 1 is 1.05 bits per heavy atom. The summed E-state index contributed by atoms with van der Waals surface area (Å²) in [6, 6.07) is 17.2. The van der Waals surface area contributed by atoms with Gasteiger partial charge in [0, 0.05) is 52.7 Å². The van der Waals surface area contributed by atoms with Crippen LogP contribution in [-0.4, -0.2) is 61.8 Å². The van der Waals surface area contributed by atoms with Crippen LogP contribution in [0.25, 0.3) is 11.1 Å². The van der Waals surface area contributed by atoms with Crippen LogP contribution in [-0.2, 0) is 25.7 Å². The van der Waals surface area contributed by atoms with Crippen molar-refractivity contribution in [2.24, 2.45) is 4.36 Å². The lowest BCUT2D eigenvalue weighted by Gasteiger charge is -2.17. The molecule has 2 aromatic carbocycles. The van der Waals surface area contributed by atoms with Crippen LogP contribution in [0, 0.1) is 0 Å². The Morgan fingerprint density at radius 2 is 1.77 bits per heavy atom. The zero-order chi connectivity index (χ0) is 30.8. The Morgan fingerprint density at radius 3 is 2.42 bits per heavy atom. The van der Waals surface area contributed by atoms with Crippen LogP contribution in [0.3, 0.4) is 0 Å². The third kappa shape index (κ3) is 8.80. The quantitative estimate of drug-likeness (QED) is 0.186. The number of aliphatic hydroxyl groups excluding tert-OH is 1. The van der Waals surface area contributed by atoms with Crippen LogP contribution in [0.4, 0.5) is 27.9 Å². The molecule has 0 saturated carbocycles. The number of carbonyl (C=O) groups is 2. The molecule has 2 atom stereocenters. The Hall–Kier alpha value is -4.88. The van der Waals surface area contributed by atoms with Crippen LogP contribution >= 0.6 is 0 Å². The number of rotatable bonds is 11. The van der Waals surface area contributed by atoms with Crippen molar-refractivity contribution in [3.8, 4) is 11.1 Å². The van der Waals surface area contributed by atoms with Crippen LogP contribution in [0.1, 0.15) is 19.4 Å². The van der Waals surface area contributed by atoms with Gasteiger partial charge in [-0.25, -0.2) is 14.0 Å². The SMILES string of the molecule is CCOC(=O)N=S(C)(=O)c1ccc(Nc2ncc(-c3ccc(NC(=O)Cc4cccnc4)cc3)c(NC(C)CO)n2)cc1. The molecule has 0 aliphatic rings. The average Bonchev–Trinajstić information content (AvgIpc) is 2.98. The monoisotopic (exact) mass is 603 g/mol. The number of nitrogens with one attached hydrogen (secondary N) is 3. The fraction of sp³-hybridized carbons (Fsp3) is 0.233. The lowest BCUT2D eigenvalue weighted by atomic mass is 10.1. The van der Waals surface area contributed by atoms with E-state index in [0.717, 1.165) is 11.1 Å². The Balaban J connectivity index is 1.51. The molecule has 4 aromatic rings. The number of amides is 2. The maximum atomic E-state index is 12.9. The molecule has 4 N–H and O–H groups in total. The van der Waals surface area contributed by atoms with Crippen molar-refractivity contribution in [1.82, 2.24) is 15.0 Å². The van der Waals surface area contributed by atoms with E-state index in [-0.39, 0.29) is 37.5 Å². The van der Waals surface area contributed by atoms with Crippen molar-refractivity contribution in [3.05, 3.63) is 84.8 Å². The zero-order valence-electron chi connectivity index (χ0n) is 24.0. The molecule has 2 aromatic heterocycles. The third-order valence-corrected chi connectivity index (χ3v) is 7.72. The highest BCUT2D eigenvalue weighted by atomic mass is 32.2. The highest BCUT2D eigenvalue weighted by Crippen LogP contribution is 2.29. The minimum atomic E-state index is -2.97. The van der Waals surface area contributed by atoms with Gasteiger partial charge in [0.05, 0.1) is 29.4 Å². The van der Waals surface area contributed by atoms with E-state index in [1.54, 1.807) is 68.0 Å². The number of aliphatic hydroxyl groups is 1. The normalized spacial score (nSPS) is 12.8. The van der Waals surface area contributed by atoms with Crippen LogP contribution in [0.5, 0.6) is 0 Å². The van der Waals surface area contributed by atoms with Gasteiger partial charge in [0.1, 0.15) is 5.82 Å². The number of hydrogen-bond acceptors (Lipinski definition) is 10. The molecule has 4 rings (SSSR count). The summed E-state index contributed by atoms with van der Waals surface area (Å²) < 4.78 is 21.3. The Bertz CT molecular complexity index is 1670. The fourth-order valence-corrected chi connectivity index (χ4v) is 5.02. The third-order valence-electron chi connectivity index (χ3n) is 6.08. The first-order valence-corrected chi connectivity index (χ1v) is 15.4. The molecule has 43 heavy (non-hydrogen) atoms. The van der Waals surface area contributed by atoms with Crippen LogP contribution < -0.4 is 16.0 Å². The molecule has 0 radical (unpaired) electrons. The molecule has 0 saturated heterocycles. The number of hydrogen-bond donors (Lipinski definition) is 4. The van der Waals surface area contributed by atoms with Gasteiger partial charge in [-0.15, -0.1) is 4.36 Å². The van der Waals surface area contributed by atoms with Crippen molar-refractivity contribution in [1.29, 1.82) is 0 Å². The summed E-state index contributed by atoms with van der Waals surface area (Å²) in [5.74, 6) is 0.632. The predicted molar refractivity (Wildman–Crippen MR) is 166 cm³/mol. The van der Waals surface area contributed by atoms with Crippen LogP contribution in [0.2, 0.25) is 0 Å². The van der Waals surface area contributed by atoms with E-state index in [2.05, 4.69) is 35.3 Å². The fourth-order valence-electron chi connectivity index (χ4n) is 3.93. The summed E-state index contributed by atoms with van der Waals surface area (Å²) >= 11 is 0. The van der Waals surface area contributed by atoms with Gasteiger partial charge >= 0.3 is 6.09 Å². The second-order valence-electron chi connectivity index (χ2n) is 9.59. The van der Waals surface area contributed by atoms with Crippen molar-refractivity contribution in [2.75, 3.05) is 35.4 Å². The first-order valence-electron chi connectivity index (χ1n) is 13.5. The summed E-state index contributed by atoms with van der Waals surface area (Å²) in [6.07, 6.45) is 5.69. The molecular formula is C30H33N7O5S. The molecule has 224 valence electrons. The van der Waals surface area contributed by atoms with Gasteiger partial charge in [-0.05, 0) is 67.4 Å². The van der Waals surface area contributed by atoms with Crippen molar-refractivity contribution in [3.63, 3.8) is 0 Å². The molecule has 2 amide bonds. The average molecular weight is 604 g/mol. The standard InChI is InChI=1S/C30H33N7O5S/c1-4-42-30(40)37-43(3,41)25-13-11-24(12-14-25)35-29-32-18-26(28(36-29)33-20(2)19-38)22-7-9-23(10-8-22)34-27(39)16-21-6-5-15-31-17-21/h5-15,17-18,20,38H,4,16,19H2,1-3H3,(H,34,39)(H2,32,33,35,36). The molecule has 12 nitrogen and oxygen atoms in total.